The van der Waals surface area contributed by atoms with Gasteiger partial charge in [-0.2, -0.15) is 0 Å². The Hall–Kier alpha value is -14.9. The van der Waals surface area contributed by atoms with Crippen LogP contribution in [0.15, 0.2) is 298 Å². The second-order valence-electron chi connectivity index (χ2n) is 37.4. The molecule has 25 heteroatoms. The molecule has 8 heterocycles. The van der Waals surface area contributed by atoms with Crippen LogP contribution in [0, 0.1) is 11.6 Å². The lowest BCUT2D eigenvalue weighted by atomic mass is 9.78. The summed E-state index contributed by atoms with van der Waals surface area (Å²) in [7, 11) is 2.20. The number of likely N-dealkylation sites (N-methyl/N-ethyl adjacent to an activating group) is 1. The molecule has 2 unspecified atom stereocenters. The minimum absolute atomic E-state index is 0.0511. The zero-order valence-corrected chi connectivity index (χ0v) is 79.2. The molecule has 4 aromatic heterocycles. The Morgan fingerprint density at radius 3 is 1.16 bits per heavy atom. The number of halogens is 2. The summed E-state index contributed by atoms with van der Waals surface area (Å²) in [6.07, 6.45) is 15.5. The highest BCUT2D eigenvalue weighted by atomic mass is 19.1. The first-order valence-corrected chi connectivity index (χ1v) is 49.4. The third-order valence-electron chi connectivity index (χ3n) is 28.3. The van der Waals surface area contributed by atoms with Crippen LogP contribution in [0.25, 0.3) is 45.0 Å². The van der Waals surface area contributed by atoms with Gasteiger partial charge in [-0.25, -0.2) is 53.4 Å². The number of anilines is 10. The molecule has 4 fully saturated rings. The molecular formula is C115H119F2N21O2. The third kappa shape index (κ3) is 22.0. The number of aromatic nitrogens is 8. The molecule has 0 radical (unpaired) electrons. The molecule has 15 aromatic rings. The SMILES string of the molecule is CN1CCN(CCCNc2ncc3c(n2)-c2ccccc2C(c2ccc(N)cc2)C3)CC1.Fc1ccccc1[C@@H]1Cc2cnc(Nc3ccc(N4CCNCC4)cc3)nc2-c2ccccc21.Nc1ccc(C2Cc3cnc(NCCCN4CCCC4)nc3-c3ccccc32)cc1.O=C(OCc1ccccc1)N1CCN(c2ccc(Nc3ncc4c(n3)-c3ccccc3[C@H](c3ccccc3F)C4)cc2)CC1. The maximum Gasteiger partial charge on any atom is 0.410 e. The first-order chi connectivity index (χ1) is 68.8. The van der Waals surface area contributed by atoms with Crippen LogP contribution in [0.4, 0.5) is 71.5 Å². The van der Waals surface area contributed by atoms with Crippen LogP contribution in [0.3, 0.4) is 0 Å². The van der Waals surface area contributed by atoms with Crippen molar-refractivity contribution in [3.63, 3.8) is 0 Å². The van der Waals surface area contributed by atoms with Crippen molar-refractivity contribution in [3.05, 3.63) is 382 Å². The number of carbonyl (C=O) groups is 1. The van der Waals surface area contributed by atoms with Crippen molar-refractivity contribution in [2.75, 3.05) is 167 Å². The van der Waals surface area contributed by atoms with E-state index in [4.69, 9.17) is 36.1 Å². The fraction of sp³-hybridized carbons (Fsp3) is 0.278. The zero-order valence-electron chi connectivity index (χ0n) is 79.2. The number of benzene rings is 11. The Labute approximate surface area is 818 Å². The lowest BCUT2D eigenvalue weighted by Gasteiger charge is -2.35. The van der Waals surface area contributed by atoms with Crippen molar-refractivity contribution in [3.8, 4) is 45.0 Å². The average molecular weight is 1870 g/mol. The molecule has 8 aliphatic rings. The molecule has 23 rings (SSSR count). The number of piperazine rings is 3. The normalized spacial score (nSPS) is 17.2. The Bertz CT molecular complexity index is 6750. The van der Waals surface area contributed by atoms with Crippen molar-refractivity contribution in [2.45, 2.75) is 81.6 Å². The topological polar surface area (TPSA) is 261 Å². The van der Waals surface area contributed by atoms with Gasteiger partial charge in [0, 0.05) is 196 Å². The molecule has 9 N–H and O–H groups in total. The highest BCUT2D eigenvalue weighted by molar-refractivity contribution is 5.78. The quantitative estimate of drug-likeness (QED) is 0.0246. The van der Waals surface area contributed by atoms with Gasteiger partial charge in [-0.3, -0.25) is 0 Å². The number of nitrogen functional groups attached to an aromatic ring is 2. The number of amides is 1. The third-order valence-corrected chi connectivity index (χ3v) is 28.3. The Kier molecular flexibility index (Phi) is 29.1. The van der Waals surface area contributed by atoms with Crippen LogP contribution in [0.1, 0.15) is 122 Å². The number of carbonyl (C=O) groups excluding carboxylic acids is 1. The van der Waals surface area contributed by atoms with Crippen molar-refractivity contribution in [2.24, 2.45) is 0 Å². The number of ether oxygens (including phenoxy) is 1. The standard InChI is InChI=1S/C36H32FN5O2.C28H26FN5.C26H32N6.C25H29N5/c37-33-13-7-6-11-30(33)32-22-26-23-38-35(40-34(26)31-12-5-4-10-29(31)32)39-27-14-16-28(17-15-27)41-18-20-42(21-19-41)36(43)44-24-25-8-2-1-3-9-25;29-26-8-4-3-6-23(26)25-17-19-18-31-28(33-27(19)24-7-2-1-5-22(24)25)32-20-9-11-21(12-10-20)34-15-13-30-14-16-34;1-31-13-15-32(16-14-31)12-4-11-28-26-29-18-20-17-24(19-7-9-21(27)10-8-19)22-5-2-3-6-23(22)25(20)30-26;26-20-10-8-18(9-11-20)23-16-19-17-28-25(27-12-5-15-30-13-3-4-14-30)29-24(19)22-7-2-1-6-21(22)23/h1-17,23,32H,18-22,24H2,(H,38,39,40);1-12,18,25,30H,13-17H2,(H,31,32,33);2-3,5-10,18,24H,4,11-17,27H2,1H3,(H,28,29,30);1-2,6-11,17,23H,3-5,12-16,26H2,(H,27,28,29)/t32-;25-;;/m11../s1. The predicted octanol–water partition coefficient (Wildman–Crippen LogP) is 20.1. The summed E-state index contributed by atoms with van der Waals surface area (Å²) in [5, 5.41) is 17.0. The lowest BCUT2D eigenvalue weighted by molar-refractivity contribution is 0.0942. The second kappa shape index (κ2) is 43.9. The zero-order chi connectivity index (χ0) is 95.0. The highest BCUT2D eigenvalue weighted by Crippen LogP contribution is 2.48. The number of hydrogen-bond acceptors (Lipinski definition) is 22. The number of fused-ring (bicyclic) bond motifs is 12. The summed E-state index contributed by atoms with van der Waals surface area (Å²) in [5.74, 6) is 2.63. The van der Waals surface area contributed by atoms with Gasteiger partial charge in [0.2, 0.25) is 23.8 Å². The summed E-state index contributed by atoms with van der Waals surface area (Å²) in [6.45, 7) is 18.3. The molecule has 23 nitrogen and oxygen atoms in total. The number of hydrogen-bond donors (Lipinski definition) is 7. The largest absolute Gasteiger partial charge is 0.445 e. The monoisotopic (exact) mass is 1860 g/mol. The van der Waals surface area contributed by atoms with Crippen LogP contribution in [0.2, 0.25) is 0 Å². The van der Waals surface area contributed by atoms with Gasteiger partial charge in [0.25, 0.3) is 0 Å². The number of rotatable bonds is 22. The predicted molar refractivity (Wildman–Crippen MR) is 557 cm³/mol. The summed E-state index contributed by atoms with van der Waals surface area (Å²) < 4.78 is 34.9. The minimum atomic E-state index is -0.275. The smallest absolute Gasteiger partial charge is 0.410 e. The summed E-state index contributed by atoms with van der Waals surface area (Å²) in [5.41, 5.74) is 40.2. The van der Waals surface area contributed by atoms with Gasteiger partial charge in [0.1, 0.15) is 18.2 Å². The minimum Gasteiger partial charge on any atom is -0.445 e. The van der Waals surface area contributed by atoms with Gasteiger partial charge < -0.3 is 72.2 Å². The Balaban J connectivity index is 0.000000116. The Morgan fingerprint density at radius 1 is 0.379 bits per heavy atom. The average Bonchev–Trinajstić information content (AvgIpc) is 0.835. The lowest BCUT2D eigenvalue weighted by Crippen LogP contribution is -2.48. The van der Waals surface area contributed by atoms with Gasteiger partial charge in [0.05, 0.1) is 22.8 Å². The number of nitrogens with one attached hydrogen (secondary N) is 5. The van der Waals surface area contributed by atoms with E-state index in [0.717, 1.165) is 219 Å². The van der Waals surface area contributed by atoms with E-state index in [1.54, 1.807) is 17.0 Å². The van der Waals surface area contributed by atoms with Gasteiger partial charge in [-0.1, -0.05) is 188 Å². The molecule has 4 aliphatic carbocycles. The van der Waals surface area contributed by atoms with Gasteiger partial charge in [-0.05, 0) is 242 Å². The molecular weight excluding hydrogens is 1750 g/mol. The summed E-state index contributed by atoms with van der Waals surface area (Å²) in [6, 6.07) is 90.4. The van der Waals surface area contributed by atoms with E-state index in [-0.39, 0.29) is 36.2 Å². The molecule has 140 heavy (non-hydrogen) atoms. The van der Waals surface area contributed by atoms with Crippen LogP contribution >= 0.6 is 0 Å². The molecule has 0 spiro atoms. The van der Waals surface area contributed by atoms with Crippen LogP contribution in [-0.4, -0.2) is 190 Å². The van der Waals surface area contributed by atoms with Crippen molar-refractivity contribution < 1.29 is 18.3 Å². The van der Waals surface area contributed by atoms with Crippen LogP contribution in [-0.2, 0) is 37.0 Å². The Morgan fingerprint density at radius 2 is 0.736 bits per heavy atom. The first-order valence-electron chi connectivity index (χ1n) is 49.4. The van der Waals surface area contributed by atoms with Gasteiger partial charge >= 0.3 is 6.09 Å². The van der Waals surface area contributed by atoms with E-state index in [2.05, 4.69) is 212 Å². The van der Waals surface area contributed by atoms with E-state index in [1.807, 2.05) is 140 Å². The van der Waals surface area contributed by atoms with Crippen molar-refractivity contribution in [1.29, 1.82) is 0 Å². The molecule has 4 saturated heterocycles. The summed E-state index contributed by atoms with van der Waals surface area (Å²) in [4.78, 5) is 64.5. The molecule has 710 valence electrons. The van der Waals surface area contributed by atoms with E-state index < -0.39 is 0 Å². The maximum atomic E-state index is 14.8. The van der Waals surface area contributed by atoms with Gasteiger partial charge in [-0.15, -0.1) is 0 Å². The number of nitrogens with two attached hydrogens (primary N) is 2. The van der Waals surface area contributed by atoms with Crippen LogP contribution < -0.4 is 47.9 Å². The van der Waals surface area contributed by atoms with Gasteiger partial charge in [0.15, 0.2) is 0 Å². The van der Waals surface area contributed by atoms with E-state index in [0.29, 0.717) is 60.8 Å². The van der Waals surface area contributed by atoms with E-state index in [9.17, 15) is 13.6 Å². The fourth-order valence-electron chi connectivity index (χ4n) is 20.7. The van der Waals surface area contributed by atoms with E-state index >= 15 is 0 Å². The summed E-state index contributed by atoms with van der Waals surface area (Å²) >= 11 is 0. The molecule has 4 atom stereocenters. The second-order valence-corrected chi connectivity index (χ2v) is 37.4. The van der Waals surface area contributed by atoms with Crippen LogP contribution in [0.5, 0.6) is 0 Å². The number of nitrogens with zero attached hydrogens (tertiary/aromatic N) is 14. The first kappa shape index (κ1) is 92.8. The fourth-order valence-corrected chi connectivity index (χ4v) is 20.7. The highest BCUT2D eigenvalue weighted by Gasteiger charge is 2.35. The van der Waals surface area contributed by atoms with Crippen molar-refractivity contribution in [1.82, 2.24) is 64.8 Å². The molecule has 1 amide bonds. The molecule has 4 aliphatic heterocycles. The molecule has 11 aromatic carbocycles. The van der Waals surface area contributed by atoms with E-state index in [1.165, 1.54) is 88.3 Å². The molecule has 0 saturated carbocycles. The molecule has 0 bridgehead atoms. The number of likely N-dealkylation sites (tertiary alicyclic amines) is 1. The van der Waals surface area contributed by atoms with Crippen molar-refractivity contribution >= 4 is 64.0 Å². The maximum absolute atomic E-state index is 14.8.